The smallest absolute Gasteiger partial charge is 0.110 e. The molecule has 0 amide bonds. The van der Waals surface area contributed by atoms with Gasteiger partial charge in [0.05, 0.1) is 14.1 Å². The third kappa shape index (κ3) is 3.32. The van der Waals surface area contributed by atoms with Crippen molar-refractivity contribution in [3.05, 3.63) is 59.7 Å². The molecule has 1 N–H and O–H groups in total. The Morgan fingerprint density at radius 3 is 1.91 bits per heavy atom. The number of rotatable bonds is 4. The van der Waals surface area contributed by atoms with Crippen LogP contribution in [0.3, 0.4) is 0 Å². The van der Waals surface area contributed by atoms with Gasteiger partial charge in [0.15, 0.2) is 0 Å². The molecule has 0 atom stereocenters. The van der Waals surface area contributed by atoms with Crippen LogP contribution in [0.25, 0.3) is 0 Å². The largest absolute Gasteiger partial charge is 0.341 e. The zero-order valence-corrected chi connectivity index (χ0v) is 13.5. The van der Waals surface area contributed by atoms with Gasteiger partial charge < -0.3 is 4.90 Å². The van der Waals surface area contributed by atoms with Crippen LogP contribution >= 0.6 is 0 Å². The summed E-state index contributed by atoms with van der Waals surface area (Å²) in [7, 11) is 3.65. The van der Waals surface area contributed by atoms with E-state index in [9.17, 15) is 5.21 Å². The molecule has 22 heavy (non-hydrogen) atoms. The van der Waals surface area contributed by atoms with Gasteiger partial charge in [-0.3, -0.25) is 0 Å². The molecule has 116 valence electrons. The Bertz CT molecular complexity index is 598. The summed E-state index contributed by atoms with van der Waals surface area (Å²) in [4.78, 5) is 2.42. The molecule has 1 aliphatic rings. The molecule has 2 aromatic carbocycles. The first-order chi connectivity index (χ1) is 10.5. The first-order valence-corrected chi connectivity index (χ1v) is 8.04. The van der Waals surface area contributed by atoms with Crippen molar-refractivity contribution >= 4 is 11.4 Å². The van der Waals surface area contributed by atoms with E-state index in [0.717, 1.165) is 32.4 Å². The van der Waals surface area contributed by atoms with E-state index in [1.54, 1.807) is 0 Å². The molecule has 0 bridgehead atoms. The quantitative estimate of drug-likeness (QED) is 0.686. The predicted octanol–water partition coefficient (Wildman–Crippen LogP) is 3.78. The second-order valence-corrected chi connectivity index (χ2v) is 6.61. The molecule has 0 aromatic heterocycles. The molecule has 0 spiro atoms. The van der Waals surface area contributed by atoms with Crippen molar-refractivity contribution in [3.63, 3.8) is 0 Å². The van der Waals surface area contributed by atoms with Gasteiger partial charge >= 0.3 is 0 Å². The van der Waals surface area contributed by atoms with Crippen molar-refractivity contribution in [3.8, 4) is 0 Å². The highest BCUT2D eigenvalue weighted by Gasteiger charge is 2.20. The van der Waals surface area contributed by atoms with Crippen LogP contribution in [-0.4, -0.2) is 37.0 Å². The zero-order valence-electron chi connectivity index (χ0n) is 13.5. The van der Waals surface area contributed by atoms with Crippen molar-refractivity contribution < 1.29 is 9.85 Å². The summed E-state index contributed by atoms with van der Waals surface area (Å²) in [5.74, 6) is 0. The van der Waals surface area contributed by atoms with Crippen LogP contribution in [0.2, 0.25) is 0 Å². The maximum Gasteiger partial charge on any atom is 0.110 e. The molecule has 0 unspecified atom stereocenters. The third-order valence-electron chi connectivity index (χ3n) is 4.32. The molecule has 3 nitrogen and oxygen atoms in total. The zero-order chi connectivity index (χ0) is 15.6. The summed E-state index contributed by atoms with van der Waals surface area (Å²) in [5, 5.41) is 9.91. The summed E-state index contributed by atoms with van der Waals surface area (Å²) in [6.45, 7) is 1.68. The third-order valence-corrected chi connectivity index (χ3v) is 4.32. The average Bonchev–Trinajstić information content (AvgIpc) is 2.64. The van der Waals surface area contributed by atoms with Crippen LogP contribution in [-0.2, 0) is 12.8 Å². The van der Waals surface area contributed by atoms with E-state index in [4.69, 9.17) is 0 Å². The number of hydrogen-bond acceptors (Lipinski definition) is 2. The Labute approximate surface area is 133 Å². The molecular formula is C19H25N2O+. The fourth-order valence-corrected chi connectivity index (χ4v) is 3.23. The van der Waals surface area contributed by atoms with Crippen LogP contribution in [0.4, 0.5) is 11.4 Å². The van der Waals surface area contributed by atoms with Crippen molar-refractivity contribution in [2.45, 2.75) is 19.3 Å². The number of hydrogen-bond donors (Lipinski definition) is 1. The maximum absolute atomic E-state index is 9.91. The SMILES string of the molecule is C[N+](C)(O)CCCN1c2ccccc2CCc2ccccc21. The molecule has 0 saturated carbocycles. The normalized spacial score (nSPS) is 14.2. The maximum atomic E-state index is 9.91. The van der Waals surface area contributed by atoms with E-state index < -0.39 is 0 Å². The first-order valence-electron chi connectivity index (χ1n) is 8.04. The Balaban J connectivity index is 1.92. The Kier molecular flexibility index (Phi) is 4.19. The van der Waals surface area contributed by atoms with E-state index in [1.165, 1.54) is 22.5 Å². The molecule has 3 heteroatoms. The Hall–Kier alpha value is -1.84. The summed E-state index contributed by atoms with van der Waals surface area (Å²) in [6, 6.07) is 17.4. The molecule has 0 fully saturated rings. The highest BCUT2D eigenvalue weighted by molar-refractivity contribution is 5.71. The number of fused-ring (bicyclic) bond motifs is 2. The molecular weight excluding hydrogens is 272 g/mol. The highest BCUT2D eigenvalue weighted by Crippen LogP contribution is 2.35. The number of hydroxylamine groups is 3. The monoisotopic (exact) mass is 297 g/mol. The minimum absolute atomic E-state index is 0.0249. The van der Waals surface area contributed by atoms with Gasteiger partial charge in [-0.2, -0.15) is 4.65 Å². The van der Waals surface area contributed by atoms with E-state index in [-0.39, 0.29) is 4.65 Å². The topological polar surface area (TPSA) is 23.5 Å². The number of anilines is 2. The van der Waals surface area contributed by atoms with Crippen molar-refractivity contribution in [1.82, 2.24) is 0 Å². The fourth-order valence-electron chi connectivity index (χ4n) is 3.23. The standard InChI is InChI=1S/C19H25N2O/c1-21(2,22)15-7-14-20-18-10-5-3-8-16(18)12-13-17-9-4-6-11-19(17)20/h3-6,8-11,22H,7,12-15H2,1-2H3/q+1. The highest BCUT2D eigenvalue weighted by atomic mass is 16.5. The van der Waals surface area contributed by atoms with Gasteiger partial charge in [0.25, 0.3) is 0 Å². The number of para-hydroxylation sites is 2. The lowest BCUT2D eigenvalue weighted by atomic mass is 10.0. The summed E-state index contributed by atoms with van der Waals surface area (Å²) >= 11 is 0. The van der Waals surface area contributed by atoms with Gasteiger partial charge in [0, 0.05) is 24.3 Å². The molecule has 0 saturated heterocycles. The molecule has 3 rings (SSSR count). The summed E-state index contributed by atoms with van der Waals surface area (Å²) in [5.41, 5.74) is 5.46. The van der Waals surface area contributed by atoms with Gasteiger partial charge in [-0.25, -0.2) is 5.21 Å². The lowest BCUT2D eigenvalue weighted by molar-refractivity contribution is -1.07. The minimum Gasteiger partial charge on any atom is -0.341 e. The van der Waals surface area contributed by atoms with Crippen LogP contribution in [0, 0.1) is 0 Å². The molecule has 0 aliphatic carbocycles. The van der Waals surface area contributed by atoms with Crippen molar-refractivity contribution in [2.24, 2.45) is 0 Å². The number of quaternary nitrogens is 1. The molecule has 0 radical (unpaired) electrons. The Morgan fingerprint density at radius 1 is 0.909 bits per heavy atom. The molecule has 1 heterocycles. The lowest BCUT2D eigenvalue weighted by Crippen LogP contribution is -2.37. The fraction of sp³-hybridized carbons (Fsp3) is 0.368. The van der Waals surface area contributed by atoms with E-state index in [2.05, 4.69) is 53.4 Å². The lowest BCUT2D eigenvalue weighted by Gasteiger charge is -2.28. The number of nitrogens with zero attached hydrogens (tertiary/aromatic N) is 2. The second-order valence-electron chi connectivity index (χ2n) is 6.61. The van der Waals surface area contributed by atoms with Gasteiger partial charge in [-0.05, 0) is 36.1 Å². The van der Waals surface area contributed by atoms with Gasteiger partial charge in [0.1, 0.15) is 6.54 Å². The second kappa shape index (κ2) is 6.11. The van der Waals surface area contributed by atoms with Gasteiger partial charge in [-0.1, -0.05) is 36.4 Å². The van der Waals surface area contributed by atoms with E-state index in [0.29, 0.717) is 0 Å². The average molecular weight is 297 g/mol. The predicted molar refractivity (Wildman–Crippen MR) is 90.7 cm³/mol. The molecule has 2 aromatic rings. The van der Waals surface area contributed by atoms with Crippen molar-refractivity contribution in [2.75, 3.05) is 32.1 Å². The van der Waals surface area contributed by atoms with Crippen LogP contribution in [0.5, 0.6) is 0 Å². The van der Waals surface area contributed by atoms with Crippen LogP contribution in [0.1, 0.15) is 17.5 Å². The van der Waals surface area contributed by atoms with Crippen LogP contribution < -0.4 is 4.90 Å². The van der Waals surface area contributed by atoms with E-state index in [1.807, 2.05) is 14.1 Å². The van der Waals surface area contributed by atoms with Crippen molar-refractivity contribution in [1.29, 1.82) is 0 Å². The Morgan fingerprint density at radius 2 is 1.41 bits per heavy atom. The summed E-state index contributed by atoms with van der Waals surface area (Å²) in [6.07, 6.45) is 3.13. The molecule has 1 aliphatic heterocycles. The first kappa shape index (κ1) is 15.1. The number of aryl methyl sites for hydroxylation is 2. The number of benzene rings is 2. The summed E-state index contributed by atoms with van der Waals surface area (Å²) < 4.78 is 0.0249. The van der Waals surface area contributed by atoms with Gasteiger partial charge in [-0.15, -0.1) is 0 Å². The van der Waals surface area contributed by atoms with Crippen LogP contribution in [0.15, 0.2) is 48.5 Å². The van der Waals surface area contributed by atoms with Gasteiger partial charge in [0.2, 0.25) is 0 Å². The van der Waals surface area contributed by atoms with E-state index >= 15 is 0 Å². The minimum atomic E-state index is 0.0249.